The van der Waals surface area contributed by atoms with Gasteiger partial charge in [-0.3, -0.25) is 4.79 Å². The zero-order valence-electron chi connectivity index (χ0n) is 12.4. The number of benzene rings is 1. The summed E-state index contributed by atoms with van der Waals surface area (Å²) in [4.78, 5) is 16.4. The number of Topliss-reactive ketones (excluding diaryl/α,β-unsaturated/α-hetero) is 1. The lowest BCUT2D eigenvalue weighted by Crippen LogP contribution is -2.11. The molecule has 0 N–H and O–H groups in total. The first-order chi connectivity index (χ1) is 11.1. The predicted molar refractivity (Wildman–Crippen MR) is 80.5 cm³/mol. The van der Waals surface area contributed by atoms with E-state index in [4.69, 9.17) is 4.74 Å². The van der Waals surface area contributed by atoms with Crippen LogP contribution in [0.4, 0.5) is 8.78 Å². The van der Waals surface area contributed by atoms with Crippen LogP contribution in [0.3, 0.4) is 0 Å². The van der Waals surface area contributed by atoms with Crippen LogP contribution >= 0.6 is 0 Å². The molecule has 0 bridgehead atoms. The fourth-order valence-electron chi connectivity index (χ4n) is 2.49. The van der Waals surface area contributed by atoms with E-state index in [0.717, 1.165) is 23.5 Å². The molecule has 23 heavy (non-hydrogen) atoms. The molecule has 0 saturated heterocycles. The number of ether oxygens (including phenoxy) is 1. The highest BCUT2D eigenvalue weighted by Gasteiger charge is 2.15. The molecule has 6 heteroatoms. The van der Waals surface area contributed by atoms with Crippen LogP contribution in [0.1, 0.15) is 11.3 Å². The Labute approximate surface area is 131 Å². The van der Waals surface area contributed by atoms with Gasteiger partial charge in [-0.2, -0.15) is 0 Å². The van der Waals surface area contributed by atoms with Crippen LogP contribution in [0, 0.1) is 11.6 Å². The van der Waals surface area contributed by atoms with Gasteiger partial charge < -0.3 is 9.14 Å². The summed E-state index contributed by atoms with van der Waals surface area (Å²) in [5.41, 5.74) is 1.50. The van der Waals surface area contributed by atoms with E-state index in [9.17, 15) is 13.6 Å². The first-order valence-electron chi connectivity index (χ1n) is 7.03. The molecule has 0 aliphatic heterocycles. The molecule has 1 aromatic carbocycles. The number of aromatic nitrogens is 2. The molecule has 2 aromatic heterocycles. The van der Waals surface area contributed by atoms with Crippen LogP contribution in [0.15, 0.2) is 42.7 Å². The van der Waals surface area contributed by atoms with Crippen molar-refractivity contribution in [1.29, 1.82) is 0 Å². The Morgan fingerprint density at radius 2 is 2.04 bits per heavy atom. The number of fused-ring (bicyclic) bond motifs is 1. The first-order valence-corrected chi connectivity index (χ1v) is 7.03. The highest BCUT2D eigenvalue weighted by Crippen LogP contribution is 2.22. The molecule has 0 fully saturated rings. The number of imidazole rings is 1. The summed E-state index contributed by atoms with van der Waals surface area (Å²) in [6.07, 6.45) is 3.33. The Morgan fingerprint density at radius 1 is 1.22 bits per heavy atom. The van der Waals surface area contributed by atoms with E-state index in [0.29, 0.717) is 0 Å². The van der Waals surface area contributed by atoms with E-state index < -0.39 is 11.6 Å². The number of halogens is 2. The van der Waals surface area contributed by atoms with Crippen LogP contribution < -0.4 is 4.74 Å². The summed E-state index contributed by atoms with van der Waals surface area (Å²) in [6.45, 7) is 0. The number of ketones is 1. The standard InChI is InChI=1S/C17H14F2N2O2/c1-23-16-10-14(18)11(8-15(16)19)7-13(22)9-12-3-2-4-17-20-5-6-21(12)17/h2-6,8,10H,7,9H2,1H3. The number of hydrogen-bond donors (Lipinski definition) is 0. The second-order valence-corrected chi connectivity index (χ2v) is 5.14. The largest absolute Gasteiger partial charge is 0.494 e. The van der Waals surface area contributed by atoms with Crippen molar-refractivity contribution in [3.8, 4) is 5.75 Å². The Bertz CT molecular complexity index is 874. The molecule has 0 aliphatic rings. The molecule has 0 atom stereocenters. The van der Waals surface area contributed by atoms with Crippen molar-refractivity contribution in [3.05, 3.63) is 65.6 Å². The maximum atomic E-state index is 13.9. The van der Waals surface area contributed by atoms with Crippen LogP contribution in [-0.4, -0.2) is 22.3 Å². The van der Waals surface area contributed by atoms with Gasteiger partial charge in [-0.15, -0.1) is 0 Å². The number of hydrogen-bond acceptors (Lipinski definition) is 3. The minimum Gasteiger partial charge on any atom is -0.494 e. The summed E-state index contributed by atoms with van der Waals surface area (Å²) in [5, 5.41) is 0. The molecule has 3 rings (SSSR count). The predicted octanol–water partition coefficient (Wildman–Crippen LogP) is 2.98. The third-order valence-corrected chi connectivity index (χ3v) is 3.60. The summed E-state index contributed by atoms with van der Waals surface area (Å²) in [7, 11) is 1.26. The average Bonchev–Trinajstić information content (AvgIpc) is 3.00. The number of methoxy groups -OCH3 is 1. The Hall–Kier alpha value is -2.76. The van der Waals surface area contributed by atoms with Gasteiger partial charge in [0.25, 0.3) is 0 Å². The second-order valence-electron chi connectivity index (χ2n) is 5.14. The van der Waals surface area contributed by atoms with Gasteiger partial charge in [-0.1, -0.05) is 6.07 Å². The molecule has 0 aliphatic carbocycles. The van der Waals surface area contributed by atoms with E-state index in [1.165, 1.54) is 7.11 Å². The fourth-order valence-corrected chi connectivity index (χ4v) is 2.49. The van der Waals surface area contributed by atoms with Crippen molar-refractivity contribution in [2.45, 2.75) is 12.8 Å². The van der Waals surface area contributed by atoms with Crippen LogP contribution in [-0.2, 0) is 17.6 Å². The van der Waals surface area contributed by atoms with Gasteiger partial charge in [0.05, 0.1) is 7.11 Å². The van der Waals surface area contributed by atoms with Crippen molar-refractivity contribution < 1.29 is 18.3 Å². The van der Waals surface area contributed by atoms with Gasteiger partial charge in [0, 0.05) is 37.0 Å². The lowest BCUT2D eigenvalue weighted by atomic mass is 10.0. The van der Waals surface area contributed by atoms with Crippen LogP contribution in [0.2, 0.25) is 0 Å². The van der Waals surface area contributed by atoms with E-state index in [2.05, 4.69) is 4.98 Å². The molecule has 0 spiro atoms. The highest BCUT2D eigenvalue weighted by atomic mass is 19.1. The smallest absolute Gasteiger partial charge is 0.165 e. The van der Waals surface area contributed by atoms with E-state index in [1.807, 2.05) is 6.07 Å². The maximum absolute atomic E-state index is 13.9. The van der Waals surface area contributed by atoms with Crippen LogP contribution in [0.5, 0.6) is 5.75 Å². The minimum absolute atomic E-state index is 0.0195. The summed E-state index contributed by atoms with van der Waals surface area (Å²) in [6, 6.07) is 7.39. The molecule has 0 amide bonds. The monoisotopic (exact) mass is 316 g/mol. The fraction of sp³-hybridized carbons (Fsp3) is 0.176. The van der Waals surface area contributed by atoms with Gasteiger partial charge in [0.1, 0.15) is 17.2 Å². The van der Waals surface area contributed by atoms with Gasteiger partial charge in [-0.05, 0) is 23.8 Å². The lowest BCUT2D eigenvalue weighted by Gasteiger charge is -2.08. The molecule has 0 radical (unpaired) electrons. The number of pyridine rings is 1. The summed E-state index contributed by atoms with van der Waals surface area (Å²) in [5.74, 6) is -1.73. The third kappa shape index (κ3) is 3.06. The quantitative estimate of drug-likeness (QED) is 0.727. The topological polar surface area (TPSA) is 43.6 Å². The van der Waals surface area contributed by atoms with Crippen molar-refractivity contribution in [2.24, 2.45) is 0 Å². The molecular weight excluding hydrogens is 302 g/mol. The number of carbonyl (C=O) groups is 1. The van der Waals surface area contributed by atoms with Crippen molar-refractivity contribution in [3.63, 3.8) is 0 Å². The molecule has 4 nitrogen and oxygen atoms in total. The Balaban J connectivity index is 1.80. The Kier molecular flexibility index (Phi) is 4.06. The summed E-state index contributed by atoms with van der Waals surface area (Å²) < 4.78 is 34.1. The van der Waals surface area contributed by atoms with Gasteiger partial charge in [0.15, 0.2) is 11.6 Å². The average molecular weight is 316 g/mol. The lowest BCUT2D eigenvalue weighted by molar-refractivity contribution is -0.117. The van der Waals surface area contributed by atoms with E-state index in [-0.39, 0.29) is 29.9 Å². The van der Waals surface area contributed by atoms with Gasteiger partial charge in [-0.25, -0.2) is 13.8 Å². The Morgan fingerprint density at radius 3 is 2.83 bits per heavy atom. The third-order valence-electron chi connectivity index (χ3n) is 3.60. The highest BCUT2D eigenvalue weighted by molar-refractivity contribution is 5.83. The molecule has 3 aromatic rings. The molecule has 0 saturated carbocycles. The molecule has 0 unspecified atom stereocenters. The second kappa shape index (κ2) is 6.16. The number of carbonyl (C=O) groups excluding carboxylic acids is 1. The van der Waals surface area contributed by atoms with Gasteiger partial charge in [0.2, 0.25) is 0 Å². The number of rotatable bonds is 5. The summed E-state index contributed by atoms with van der Waals surface area (Å²) >= 11 is 0. The zero-order valence-corrected chi connectivity index (χ0v) is 12.4. The molecule has 118 valence electrons. The number of nitrogens with zero attached hydrogens (tertiary/aromatic N) is 2. The first kappa shape index (κ1) is 15.1. The van der Waals surface area contributed by atoms with Crippen molar-refractivity contribution in [1.82, 2.24) is 9.38 Å². The van der Waals surface area contributed by atoms with Crippen molar-refractivity contribution >= 4 is 11.4 Å². The van der Waals surface area contributed by atoms with E-state index in [1.54, 1.807) is 28.9 Å². The minimum atomic E-state index is -0.687. The van der Waals surface area contributed by atoms with E-state index >= 15 is 0 Å². The van der Waals surface area contributed by atoms with Crippen molar-refractivity contribution in [2.75, 3.05) is 7.11 Å². The van der Waals surface area contributed by atoms with Gasteiger partial charge >= 0.3 is 0 Å². The maximum Gasteiger partial charge on any atom is 0.165 e. The molecular formula is C17H14F2N2O2. The van der Waals surface area contributed by atoms with Crippen LogP contribution in [0.25, 0.3) is 5.65 Å². The zero-order chi connectivity index (χ0) is 16.4. The molecule has 2 heterocycles. The SMILES string of the molecule is COc1cc(F)c(CC(=O)Cc2cccc3nccn23)cc1F. The normalized spacial score (nSPS) is 10.9.